The molecule has 1 heterocycles. The summed E-state index contributed by atoms with van der Waals surface area (Å²) in [4.78, 5) is 23.9. The van der Waals surface area contributed by atoms with Gasteiger partial charge in [-0.3, -0.25) is 0 Å². The normalized spacial score (nSPS) is 47.6. The van der Waals surface area contributed by atoms with Gasteiger partial charge in [-0.05, 0) is 62.0 Å². The molecule has 0 amide bonds. The predicted octanol–water partition coefficient (Wildman–Crippen LogP) is 2.31. The van der Waals surface area contributed by atoms with Crippen LogP contribution in [0, 0.1) is 22.7 Å². The average molecular weight is 414 g/mol. The Balaban J connectivity index is 1.56. The van der Waals surface area contributed by atoms with Crippen LogP contribution < -0.4 is 5.63 Å². The van der Waals surface area contributed by atoms with E-state index in [2.05, 4.69) is 0 Å². The molecule has 6 heteroatoms. The second-order valence-electron chi connectivity index (χ2n) is 10.2. The first kappa shape index (κ1) is 20.2. The van der Waals surface area contributed by atoms with Crippen LogP contribution >= 0.6 is 0 Å². The van der Waals surface area contributed by atoms with Gasteiger partial charge in [-0.25, -0.2) is 4.79 Å². The number of hydrogen-bond donors (Lipinski definition) is 3. The van der Waals surface area contributed by atoms with Gasteiger partial charge in [0.05, 0.1) is 29.5 Å². The van der Waals surface area contributed by atoms with Crippen LogP contribution in [0.25, 0.3) is 0 Å². The van der Waals surface area contributed by atoms with Crippen molar-refractivity contribution in [3.05, 3.63) is 46.0 Å². The Morgan fingerprint density at radius 1 is 1.13 bits per heavy atom. The van der Waals surface area contributed by atoms with Gasteiger partial charge in [-0.1, -0.05) is 18.6 Å². The van der Waals surface area contributed by atoms with Crippen LogP contribution in [0.5, 0.6) is 0 Å². The zero-order valence-electron chi connectivity index (χ0n) is 17.3. The third-order valence-electron chi connectivity index (χ3n) is 9.18. The third kappa shape index (κ3) is 2.47. The molecule has 0 saturated heterocycles. The van der Waals surface area contributed by atoms with Crippen molar-refractivity contribution in [2.24, 2.45) is 22.7 Å². The van der Waals surface area contributed by atoms with Crippen LogP contribution in [0.4, 0.5) is 0 Å². The highest BCUT2D eigenvalue weighted by Gasteiger charge is 2.69. The van der Waals surface area contributed by atoms with Crippen molar-refractivity contribution in [2.75, 3.05) is 0 Å². The molecule has 1 aromatic rings. The lowest BCUT2D eigenvalue weighted by molar-refractivity contribution is -0.180. The van der Waals surface area contributed by atoms with E-state index in [1.807, 2.05) is 13.0 Å². The molecule has 0 radical (unpaired) electrons. The summed E-state index contributed by atoms with van der Waals surface area (Å²) < 4.78 is 5.07. The second kappa shape index (κ2) is 6.62. The van der Waals surface area contributed by atoms with Gasteiger partial charge in [0.1, 0.15) is 6.29 Å². The van der Waals surface area contributed by atoms with Gasteiger partial charge in [0.15, 0.2) is 0 Å². The number of fused-ring (bicyclic) bond motifs is 5. The summed E-state index contributed by atoms with van der Waals surface area (Å²) >= 11 is 0. The standard InChI is InChI=1S/C24H30O6/c1-22-8-7-17-18(4-3-15-10-16(26)6-9-23(15,17)13-25)24(22,29)11-19(27)21(22)14-2-5-20(28)30-12-14/h2,5,10,12-13,16-19,21,26-27,29H,3-4,6-9,11H2,1H3/t16-,17-,18-,19-,21-,22+,23+,24-/m0/s1. The molecule has 0 bridgehead atoms. The Hall–Kier alpha value is -1.76. The molecule has 0 aliphatic heterocycles. The summed E-state index contributed by atoms with van der Waals surface area (Å²) in [6.45, 7) is 2.04. The van der Waals surface area contributed by atoms with Gasteiger partial charge in [0.2, 0.25) is 0 Å². The van der Waals surface area contributed by atoms with E-state index in [0.29, 0.717) is 25.7 Å². The van der Waals surface area contributed by atoms with Crippen LogP contribution in [0.3, 0.4) is 0 Å². The minimum Gasteiger partial charge on any atom is -0.431 e. The van der Waals surface area contributed by atoms with Crippen LogP contribution in [0.1, 0.15) is 63.4 Å². The number of carbonyl (C=O) groups excluding carboxylic acids is 1. The molecule has 6 nitrogen and oxygen atoms in total. The fourth-order valence-electron chi connectivity index (χ4n) is 7.78. The molecule has 3 fully saturated rings. The third-order valence-corrected chi connectivity index (χ3v) is 9.18. The minimum atomic E-state index is -1.10. The molecule has 5 rings (SSSR count). The fraction of sp³-hybridized carbons (Fsp3) is 0.667. The van der Waals surface area contributed by atoms with Crippen molar-refractivity contribution in [3.63, 3.8) is 0 Å². The molecule has 1 aromatic heterocycles. The molecule has 8 atom stereocenters. The van der Waals surface area contributed by atoms with Crippen LogP contribution in [0.2, 0.25) is 0 Å². The Bertz CT molecular complexity index is 931. The van der Waals surface area contributed by atoms with Crippen molar-refractivity contribution >= 4 is 6.29 Å². The van der Waals surface area contributed by atoms with E-state index in [1.54, 1.807) is 6.07 Å². The van der Waals surface area contributed by atoms with Crippen molar-refractivity contribution < 1.29 is 24.5 Å². The molecule has 0 spiro atoms. The Morgan fingerprint density at radius 3 is 2.63 bits per heavy atom. The predicted molar refractivity (Wildman–Crippen MR) is 109 cm³/mol. The number of aliphatic hydroxyl groups is 3. The highest BCUT2D eigenvalue weighted by Crippen LogP contribution is 2.69. The maximum absolute atomic E-state index is 12.4. The van der Waals surface area contributed by atoms with Crippen molar-refractivity contribution in [1.29, 1.82) is 0 Å². The van der Waals surface area contributed by atoms with Gasteiger partial charge in [-0.15, -0.1) is 0 Å². The summed E-state index contributed by atoms with van der Waals surface area (Å²) in [7, 11) is 0. The Morgan fingerprint density at radius 2 is 1.93 bits per heavy atom. The Labute approximate surface area is 175 Å². The lowest BCUT2D eigenvalue weighted by atomic mass is 9.45. The molecule has 30 heavy (non-hydrogen) atoms. The second-order valence-corrected chi connectivity index (χ2v) is 10.2. The number of carbonyl (C=O) groups is 1. The first-order valence-corrected chi connectivity index (χ1v) is 11.1. The van der Waals surface area contributed by atoms with Crippen molar-refractivity contribution in [1.82, 2.24) is 0 Å². The average Bonchev–Trinajstić information content (AvgIpc) is 2.93. The highest BCUT2D eigenvalue weighted by atomic mass is 16.4. The first-order chi connectivity index (χ1) is 14.2. The maximum atomic E-state index is 12.4. The van der Waals surface area contributed by atoms with E-state index in [1.165, 1.54) is 12.3 Å². The molecule has 4 aliphatic rings. The van der Waals surface area contributed by atoms with Crippen LogP contribution in [-0.2, 0) is 4.79 Å². The summed E-state index contributed by atoms with van der Waals surface area (Å²) in [5.41, 5.74) is -0.956. The molecule has 0 unspecified atom stereocenters. The summed E-state index contributed by atoms with van der Waals surface area (Å²) in [5, 5.41) is 33.3. The highest BCUT2D eigenvalue weighted by molar-refractivity contribution is 5.67. The summed E-state index contributed by atoms with van der Waals surface area (Å²) in [5.74, 6) is -0.408. The molecule has 3 saturated carbocycles. The molecular weight excluding hydrogens is 384 g/mol. The van der Waals surface area contributed by atoms with Gasteiger partial charge >= 0.3 is 5.63 Å². The maximum Gasteiger partial charge on any atom is 0.335 e. The van der Waals surface area contributed by atoms with Crippen LogP contribution in [-0.4, -0.2) is 39.4 Å². The zero-order valence-corrected chi connectivity index (χ0v) is 17.3. The molecule has 4 aliphatic carbocycles. The van der Waals surface area contributed by atoms with E-state index >= 15 is 0 Å². The molecule has 162 valence electrons. The summed E-state index contributed by atoms with van der Waals surface area (Å²) in [6, 6.07) is 3.06. The van der Waals surface area contributed by atoms with E-state index in [0.717, 1.165) is 30.3 Å². The van der Waals surface area contributed by atoms with Gasteiger partial charge in [-0.2, -0.15) is 0 Å². The van der Waals surface area contributed by atoms with Gasteiger partial charge in [0.25, 0.3) is 0 Å². The zero-order chi connectivity index (χ0) is 21.3. The summed E-state index contributed by atoms with van der Waals surface area (Å²) in [6.07, 6.45) is 7.45. The largest absolute Gasteiger partial charge is 0.431 e. The number of aliphatic hydroxyl groups excluding tert-OH is 2. The Kier molecular flexibility index (Phi) is 4.45. The smallest absolute Gasteiger partial charge is 0.335 e. The van der Waals surface area contributed by atoms with Crippen molar-refractivity contribution in [3.8, 4) is 0 Å². The molecule has 0 aromatic carbocycles. The van der Waals surface area contributed by atoms with Gasteiger partial charge < -0.3 is 24.5 Å². The monoisotopic (exact) mass is 414 g/mol. The topological polar surface area (TPSA) is 108 Å². The SMILES string of the molecule is C[C@]12CC[C@H]3[C@H](CCC4=C[C@@H](O)CC[C@@]43C=O)[C@@]1(O)C[C@H](O)[C@@H]2c1ccc(=O)oc1. The minimum absolute atomic E-state index is 0.0141. The van der Waals surface area contributed by atoms with Crippen molar-refractivity contribution in [2.45, 2.75) is 75.6 Å². The fourth-order valence-corrected chi connectivity index (χ4v) is 7.78. The molecule has 3 N–H and O–H groups in total. The lowest BCUT2D eigenvalue weighted by Gasteiger charge is -2.61. The van der Waals surface area contributed by atoms with E-state index < -0.39 is 34.3 Å². The van der Waals surface area contributed by atoms with E-state index in [9.17, 15) is 24.9 Å². The number of aldehydes is 1. The lowest BCUT2D eigenvalue weighted by Crippen LogP contribution is -2.61. The number of rotatable bonds is 2. The van der Waals surface area contributed by atoms with Crippen LogP contribution in [0.15, 0.2) is 39.3 Å². The quantitative estimate of drug-likeness (QED) is 0.506. The molecular formula is C24H30O6. The van der Waals surface area contributed by atoms with E-state index in [4.69, 9.17) is 4.42 Å². The first-order valence-electron chi connectivity index (χ1n) is 11.1. The van der Waals surface area contributed by atoms with E-state index in [-0.39, 0.29) is 24.2 Å². The number of allylic oxidation sites excluding steroid dienone is 1. The van der Waals surface area contributed by atoms with Gasteiger partial charge in [0, 0.05) is 23.8 Å². The number of hydrogen-bond acceptors (Lipinski definition) is 6.